The first-order valence-corrected chi connectivity index (χ1v) is 8.53. The fraction of sp³-hybridized carbons (Fsp3) is 0.0870. The number of rotatable bonds is 4. The molecule has 0 saturated heterocycles. The van der Waals surface area contributed by atoms with Gasteiger partial charge < -0.3 is 4.57 Å². The summed E-state index contributed by atoms with van der Waals surface area (Å²) in [5.41, 5.74) is 5.82. The van der Waals surface area contributed by atoms with Crippen molar-refractivity contribution in [2.75, 3.05) is 0 Å². The molecule has 0 aliphatic rings. The highest BCUT2D eigenvalue weighted by atomic mass is 15.1. The molecular weight excluding hydrogens is 304 g/mol. The molecule has 3 aromatic carbocycles. The Balaban J connectivity index is 1.80. The van der Waals surface area contributed by atoms with E-state index in [9.17, 15) is 0 Å². The van der Waals surface area contributed by atoms with Gasteiger partial charge >= 0.3 is 0 Å². The van der Waals surface area contributed by atoms with Crippen LogP contribution >= 0.6 is 0 Å². The largest absolute Gasteiger partial charge is 0.326 e. The van der Waals surface area contributed by atoms with Gasteiger partial charge in [0.2, 0.25) is 0 Å². The van der Waals surface area contributed by atoms with Crippen molar-refractivity contribution in [3.05, 3.63) is 102 Å². The number of imidazole rings is 1. The first-order chi connectivity index (χ1) is 12.3. The minimum absolute atomic E-state index is 0.809. The minimum atomic E-state index is 0.809. The molecule has 0 aliphatic heterocycles. The molecule has 2 heteroatoms. The monoisotopic (exact) mass is 324 g/mol. The van der Waals surface area contributed by atoms with Crippen molar-refractivity contribution in [2.24, 2.45) is 0 Å². The van der Waals surface area contributed by atoms with E-state index < -0.39 is 0 Å². The number of aryl methyl sites for hydroxylation is 1. The molecule has 0 unspecified atom stereocenters. The van der Waals surface area contributed by atoms with E-state index in [1.807, 2.05) is 12.1 Å². The number of benzene rings is 3. The second kappa shape index (κ2) is 6.78. The molecule has 25 heavy (non-hydrogen) atoms. The van der Waals surface area contributed by atoms with E-state index in [4.69, 9.17) is 4.98 Å². The van der Waals surface area contributed by atoms with Gasteiger partial charge in [-0.1, -0.05) is 90.5 Å². The predicted octanol–water partition coefficient (Wildman–Crippen LogP) is 5.57. The van der Waals surface area contributed by atoms with Crippen LogP contribution in [-0.4, -0.2) is 9.55 Å². The van der Waals surface area contributed by atoms with Crippen LogP contribution in [0.25, 0.3) is 22.6 Å². The third-order valence-corrected chi connectivity index (χ3v) is 4.35. The number of nitrogens with zero attached hydrogens (tertiary/aromatic N) is 2. The number of aromatic nitrogens is 2. The summed E-state index contributed by atoms with van der Waals surface area (Å²) >= 11 is 0. The van der Waals surface area contributed by atoms with E-state index in [0.717, 1.165) is 29.2 Å². The van der Waals surface area contributed by atoms with Gasteiger partial charge in [0.1, 0.15) is 5.82 Å². The van der Waals surface area contributed by atoms with Crippen LogP contribution in [0.4, 0.5) is 0 Å². The summed E-state index contributed by atoms with van der Waals surface area (Å²) in [5, 5.41) is 0. The van der Waals surface area contributed by atoms with Gasteiger partial charge in [-0.2, -0.15) is 0 Å². The van der Waals surface area contributed by atoms with E-state index in [0.29, 0.717) is 0 Å². The van der Waals surface area contributed by atoms with Crippen LogP contribution in [0.15, 0.2) is 91.1 Å². The third kappa shape index (κ3) is 3.38. The standard InChI is InChI=1S/C23H20N2/c1-18-12-14-21(15-13-18)23-24-22(20-10-6-3-7-11-20)17-25(23)16-19-8-4-2-5-9-19/h2-15,17H,16H2,1H3. The van der Waals surface area contributed by atoms with Crippen molar-refractivity contribution < 1.29 is 0 Å². The topological polar surface area (TPSA) is 17.8 Å². The lowest BCUT2D eigenvalue weighted by Gasteiger charge is -2.08. The first-order valence-electron chi connectivity index (χ1n) is 8.53. The highest BCUT2D eigenvalue weighted by Crippen LogP contribution is 2.26. The maximum Gasteiger partial charge on any atom is 0.140 e. The summed E-state index contributed by atoms with van der Waals surface area (Å²) in [5.74, 6) is 1.00. The van der Waals surface area contributed by atoms with Crippen LogP contribution in [-0.2, 0) is 6.54 Å². The molecule has 0 radical (unpaired) electrons. The lowest BCUT2D eigenvalue weighted by Crippen LogP contribution is -2.00. The Morgan fingerprint density at radius 2 is 1.36 bits per heavy atom. The average Bonchev–Trinajstić information content (AvgIpc) is 3.08. The van der Waals surface area contributed by atoms with Crippen molar-refractivity contribution in [1.29, 1.82) is 0 Å². The van der Waals surface area contributed by atoms with Crippen molar-refractivity contribution in [3.63, 3.8) is 0 Å². The zero-order chi connectivity index (χ0) is 17.1. The zero-order valence-corrected chi connectivity index (χ0v) is 14.3. The Hall–Kier alpha value is -3.13. The fourth-order valence-electron chi connectivity index (χ4n) is 3.00. The molecule has 1 heterocycles. The first kappa shape index (κ1) is 15.4. The van der Waals surface area contributed by atoms with E-state index in [1.165, 1.54) is 11.1 Å². The maximum atomic E-state index is 4.94. The highest BCUT2D eigenvalue weighted by molar-refractivity contribution is 5.65. The molecule has 0 fully saturated rings. The van der Waals surface area contributed by atoms with Crippen LogP contribution in [0.3, 0.4) is 0 Å². The molecule has 2 nitrogen and oxygen atoms in total. The number of hydrogen-bond acceptors (Lipinski definition) is 1. The lowest BCUT2D eigenvalue weighted by atomic mass is 10.1. The van der Waals surface area contributed by atoms with Gasteiger partial charge in [-0.05, 0) is 12.5 Å². The summed E-state index contributed by atoms with van der Waals surface area (Å²) in [6.07, 6.45) is 2.15. The van der Waals surface area contributed by atoms with Crippen molar-refractivity contribution in [1.82, 2.24) is 9.55 Å². The SMILES string of the molecule is Cc1ccc(-c2nc(-c3ccccc3)cn2Cc2ccccc2)cc1. The fourth-order valence-corrected chi connectivity index (χ4v) is 3.00. The van der Waals surface area contributed by atoms with Gasteiger partial charge in [0, 0.05) is 23.9 Å². The zero-order valence-electron chi connectivity index (χ0n) is 14.3. The van der Waals surface area contributed by atoms with Crippen molar-refractivity contribution in [2.45, 2.75) is 13.5 Å². The molecule has 0 spiro atoms. The molecule has 0 amide bonds. The summed E-state index contributed by atoms with van der Waals surface area (Å²) in [4.78, 5) is 4.94. The Labute approximate surface area is 148 Å². The summed E-state index contributed by atoms with van der Waals surface area (Å²) in [6, 6.07) is 29.4. The van der Waals surface area contributed by atoms with Crippen molar-refractivity contribution >= 4 is 0 Å². The van der Waals surface area contributed by atoms with Crippen LogP contribution in [0.1, 0.15) is 11.1 Å². The molecule has 0 aliphatic carbocycles. The smallest absolute Gasteiger partial charge is 0.140 e. The van der Waals surface area contributed by atoms with Crippen LogP contribution in [0, 0.1) is 6.92 Å². The molecule has 1 aromatic heterocycles. The molecule has 122 valence electrons. The van der Waals surface area contributed by atoms with Gasteiger partial charge in [-0.3, -0.25) is 0 Å². The van der Waals surface area contributed by atoms with Crippen LogP contribution in [0.5, 0.6) is 0 Å². The van der Waals surface area contributed by atoms with E-state index in [1.54, 1.807) is 0 Å². The second-order valence-electron chi connectivity index (χ2n) is 6.30. The normalized spacial score (nSPS) is 10.8. The molecule has 0 bridgehead atoms. The quantitative estimate of drug-likeness (QED) is 0.479. The minimum Gasteiger partial charge on any atom is -0.326 e. The molecule has 0 atom stereocenters. The van der Waals surface area contributed by atoms with Gasteiger partial charge in [0.05, 0.1) is 5.69 Å². The van der Waals surface area contributed by atoms with Crippen LogP contribution in [0.2, 0.25) is 0 Å². The maximum absolute atomic E-state index is 4.94. The summed E-state index contributed by atoms with van der Waals surface area (Å²) < 4.78 is 2.24. The van der Waals surface area contributed by atoms with Crippen molar-refractivity contribution in [3.8, 4) is 22.6 Å². The lowest BCUT2D eigenvalue weighted by molar-refractivity contribution is 0.807. The van der Waals surface area contributed by atoms with Gasteiger partial charge in [0.25, 0.3) is 0 Å². The molecule has 0 saturated carbocycles. The molecule has 0 N–H and O–H groups in total. The van der Waals surface area contributed by atoms with Gasteiger partial charge in [-0.15, -0.1) is 0 Å². The van der Waals surface area contributed by atoms with E-state index >= 15 is 0 Å². The second-order valence-corrected chi connectivity index (χ2v) is 6.30. The molecular formula is C23H20N2. The Kier molecular flexibility index (Phi) is 4.17. The Morgan fingerprint density at radius 3 is 2.04 bits per heavy atom. The van der Waals surface area contributed by atoms with Gasteiger partial charge in [0.15, 0.2) is 0 Å². The summed E-state index contributed by atoms with van der Waals surface area (Å²) in [6.45, 7) is 2.92. The number of hydrogen-bond donors (Lipinski definition) is 0. The third-order valence-electron chi connectivity index (χ3n) is 4.35. The average molecular weight is 324 g/mol. The van der Waals surface area contributed by atoms with E-state index in [-0.39, 0.29) is 0 Å². The highest BCUT2D eigenvalue weighted by Gasteiger charge is 2.12. The molecule has 4 rings (SSSR count). The van der Waals surface area contributed by atoms with Gasteiger partial charge in [-0.25, -0.2) is 4.98 Å². The summed E-state index contributed by atoms with van der Waals surface area (Å²) in [7, 11) is 0. The predicted molar refractivity (Wildman–Crippen MR) is 103 cm³/mol. The molecule has 4 aromatic rings. The van der Waals surface area contributed by atoms with E-state index in [2.05, 4.69) is 90.5 Å². The Morgan fingerprint density at radius 1 is 0.720 bits per heavy atom. The van der Waals surface area contributed by atoms with Crippen LogP contribution < -0.4 is 0 Å². The Bertz CT molecular complexity index is 952.